The molecule has 0 amide bonds. The lowest BCUT2D eigenvalue weighted by Crippen LogP contribution is -2.25. The molecule has 0 fully saturated rings. The molecule has 0 aromatic carbocycles. The van der Waals surface area contributed by atoms with Gasteiger partial charge in [-0.05, 0) is 52.8 Å². The van der Waals surface area contributed by atoms with Crippen molar-refractivity contribution in [3.63, 3.8) is 0 Å². The highest BCUT2D eigenvalue weighted by Gasteiger charge is 2.16. The third kappa shape index (κ3) is 4.09. The van der Waals surface area contributed by atoms with Crippen LogP contribution in [0.1, 0.15) is 35.7 Å². The van der Waals surface area contributed by atoms with E-state index in [1.807, 2.05) is 19.3 Å². The van der Waals surface area contributed by atoms with Gasteiger partial charge in [0.25, 0.3) is 0 Å². The highest BCUT2D eigenvalue weighted by Crippen LogP contribution is 2.27. The first-order valence-corrected chi connectivity index (χ1v) is 8.11. The topological polar surface area (TPSA) is 37.8 Å². The Labute approximate surface area is 126 Å². The molecule has 3 nitrogen and oxygen atoms in total. The fourth-order valence-corrected chi connectivity index (χ4v) is 3.37. The molecule has 0 saturated carbocycles. The number of halogens is 1. The Hall–Kier alpha value is -0.780. The molecule has 2 aromatic rings. The predicted molar refractivity (Wildman–Crippen MR) is 83.5 cm³/mol. The molecular formula is C14H18BrN3S. The average molecular weight is 340 g/mol. The second kappa shape index (κ2) is 7.12. The van der Waals surface area contributed by atoms with Gasteiger partial charge in [-0.3, -0.25) is 0 Å². The highest BCUT2D eigenvalue weighted by molar-refractivity contribution is 9.10. The summed E-state index contributed by atoms with van der Waals surface area (Å²) >= 11 is 5.36. The Bertz CT molecular complexity index is 510. The van der Waals surface area contributed by atoms with E-state index in [1.165, 1.54) is 9.35 Å². The predicted octanol–water partition coefficient (Wildman–Crippen LogP) is 3.89. The summed E-state index contributed by atoms with van der Waals surface area (Å²) in [6.45, 7) is 5.15. The summed E-state index contributed by atoms with van der Waals surface area (Å²) < 4.78 is 1.17. The van der Waals surface area contributed by atoms with Crippen LogP contribution in [0.3, 0.4) is 0 Å². The molecule has 2 heterocycles. The lowest BCUT2D eigenvalue weighted by Gasteiger charge is -2.16. The van der Waals surface area contributed by atoms with Gasteiger partial charge in [-0.2, -0.15) is 0 Å². The first-order chi connectivity index (χ1) is 9.20. The van der Waals surface area contributed by atoms with E-state index < -0.39 is 0 Å². The Morgan fingerprint density at radius 1 is 1.37 bits per heavy atom. The lowest BCUT2D eigenvalue weighted by atomic mass is 10.1. The second-order valence-corrected chi connectivity index (χ2v) is 6.38. The van der Waals surface area contributed by atoms with Crippen molar-refractivity contribution in [1.82, 2.24) is 15.3 Å². The average Bonchev–Trinajstić information content (AvgIpc) is 2.81. The fraction of sp³-hybridized carbons (Fsp3) is 0.429. The molecule has 0 bridgehead atoms. The van der Waals surface area contributed by atoms with Crippen molar-refractivity contribution < 1.29 is 0 Å². The fourth-order valence-electron chi connectivity index (χ4n) is 1.81. The van der Waals surface area contributed by atoms with Gasteiger partial charge >= 0.3 is 0 Å². The molecule has 2 aromatic heterocycles. The molecule has 0 saturated heterocycles. The monoisotopic (exact) mass is 339 g/mol. The molecule has 0 aliphatic rings. The van der Waals surface area contributed by atoms with Crippen molar-refractivity contribution in [1.29, 1.82) is 0 Å². The molecule has 5 heteroatoms. The van der Waals surface area contributed by atoms with E-state index in [2.05, 4.69) is 49.6 Å². The number of rotatable bonds is 6. The minimum absolute atomic E-state index is 0.176. The molecule has 1 atom stereocenters. The Kier molecular flexibility index (Phi) is 5.48. The summed E-state index contributed by atoms with van der Waals surface area (Å²) in [4.78, 5) is 10.2. The highest BCUT2D eigenvalue weighted by atomic mass is 79.9. The van der Waals surface area contributed by atoms with E-state index in [4.69, 9.17) is 0 Å². The van der Waals surface area contributed by atoms with Crippen molar-refractivity contribution >= 4 is 27.3 Å². The van der Waals surface area contributed by atoms with E-state index >= 15 is 0 Å². The maximum atomic E-state index is 4.46. The zero-order valence-electron chi connectivity index (χ0n) is 11.2. The summed E-state index contributed by atoms with van der Waals surface area (Å²) in [5.41, 5.74) is 1.09. The van der Waals surface area contributed by atoms with Crippen LogP contribution in [0.2, 0.25) is 0 Å². The van der Waals surface area contributed by atoms with Crippen molar-refractivity contribution in [2.24, 2.45) is 0 Å². The van der Waals surface area contributed by atoms with E-state index in [0.29, 0.717) is 0 Å². The maximum absolute atomic E-state index is 4.46. The summed E-state index contributed by atoms with van der Waals surface area (Å²) in [5.74, 6) is 0.874. The first kappa shape index (κ1) is 14.6. The van der Waals surface area contributed by atoms with E-state index in [0.717, 1.165) is 30.8 Å². The van der Waals surface area contributed by atoms with Crippen molar-refractivity contribution in [3.05, 3.63) is 44.6 Å². The van der Waals surface area contributed by atoms with Gasteiger partial charge in [-0.1, -0.05) is 6.92 Å². The normalized spacial score (nSPS) is 12.6. The molecule has 0 aliphatic carbocycles. The zero-order valence-corrected chi connectivity index (χ0v) is 13.6. The molecular weight excluding hydrogens is 322 g/mol. The van der Waals surface area contributed by atoms with Gasteiger partial charge in [0, 0.05) is 28.2 Å². The Morgan fingerprint density at radius 2 is 2.11 bits per heavy atom. The number of aryl methyl sites for hydroxylation is 1. The molecule has 102 valence electrons. The van der Waals surface area contributed by atoms with E-state index in [-0.39, 0.29) is 6.04 Å². The quantitative estimate of drug-likeness (QED) is 0.867. The third-order valence-corrected chi connectivity index (χ3v) is 4.78. The van der Waals surface area contributed by atoms with Gasteiger partial charge in [0.15, 0.2) is 0 Å². The number of nitrogens with one attached hydrogen (secondary N) is 1. The van der Waals surface area contributed by atoms with Crippen LogP contribution in [0.5, 0.6) is 0 Å². The van der Waals surface area contributed by atoms with Gasteiger partial charge in [0.1, 0.15) is 5.82 Å². The van der Waals surface area contributed by atoms with Crippen molar-refractivity contribution in [2.75, 3.05) is 6.54 Å². The Morgan fingerprint density at radius 3 is 2.68 bits per heavy atom. The first-order valence-electron chi connectivity index (χ1n) is 6.44. The summed E-state index contributed by atoms with van der Waals surface area (Å²) in [6, 6.07) is 2.27. The van der Waals surface area contributed by atoms with Gasteiger partial charge in [-0.25, -0.2) is 9.97 Å². The molecule has 0 radical (unpaired) electrons. The number of aromatic nitrogens is 2. The molecule has 1 unspecified atom stereocenters. The van der Waals surface area contributed by atoms with Crippen LogP contribution in [-0.4, -0.2) is 16.5 Å². The molecule has 0 aliphatic heterocycles. The van der Waals surface area contributed by atoms with Crippen LogP contribution in [0, 0.1) is 6.92 Å². The third-order valence-electron chi connectivity index (χ3n) is 2.83. The van der Waals surface area contributed by atoms with Crippen molar-refractivity contribution in [3.8, 4) is 0 Å². The zero-order chi connectivity index (χ0) is 13.7. The van der Waals surface area contributed by atoms with Crippen LogP contribution in [-0.2, 0) is 6.42 Å². The summed E-state index contributed by atoms with van der Waals surface area (Å²) in [7, 11) is 0. The molecule has 0 spiro atoms. The van der Waals surface area contributed by atoms with Gasteiger partial charge < -0.3 is 5.32 Å². The van der Waals surface area contributed by atoms with Crippen LogP contribution >= 0.6 is 27.3 Å². The minimum atomic E-state index is 0.176. The smallest absolute Gasteiger partial charge is 0.145 e. The largest absolute Gasteiger partial charge is 0.307 e. The van der Waals surface area contributed by atoms with E-state index in [9.17, 15) is 0 Å². The van der Waals surface area contributed by atoms with Crippen LogP contribution in [0.4, 0.5) is 0 Å². The summed E-state index contributed by atoms with van der Waals surface area (Å²) in [6.07, 6.45) is 5.79. The summed E-state index contributed by atoms with van der Waals surface area (Å²) in [5, 5.41) is 5.63. The Balaban J connectivity index is 2.15. The van der Waals surface area contributed by atoms with Gasteiger partial charge in [0.05, 0.1) is 6.04 Å². The molecule has 2 rings (SSSR count). The molecule has 1 N–H and O–H groups in total. The second-order valence-electron chi connectivity index (χ2n) is 4.52. The number of nitrogens with zero attached hydrogens (tertiary/aromatic N) is 2. The van der Waals surface area contributed by atoms with Crippen LogP contribution in [0.15, 0.2) is 28.3 Å². The van der Waals surface area contributed by atoms with Crippen molar-refractivity contribution in [2.45, 2.75) is 32.7 Å². The standard InChI is InChI=1S/C14H18BrN3S/c1-3-5-16-12(7-13-11(15)4-6-19-13)14-17-8-10(2)9-18-14/h4,6,8-9,12,16H,3,5,7H2,1-2H3. The SMILES string of the molecule is CCCNC(Cc1sccc1Br)c1ncc(C)cn1. The van der Waals surface area contributed by atoms with Crippen LogP contribution < -0.4 is 5.32 Å². The minimum Gasteiger partial charge on any atom is -0.307 e. The number of hydrogen-bond acceptors (Lipinski definition) is 4. The van der Waals surface area contributed by atoms with Gasteiger partial charge in [-0.15, -0.1) is 11.3 Å². The van der Waals surface area contributed by atoms with Crippen LogP contribution in [0.25, 0.3) is 0 Å². The van der Waals surface area contributed by atoms with E-state index in [1.54, 1.807) is 11.3 Å². The number of hydrogen-bond donors (Lipinski definition) is 1. The van der Waals surface area contributed by atoms with Gasteiger partial charge in [0.2, 0.25) is 0 Å². The molecule has 19 heavy (non-hydrogen) atoms. The number of thiophene rings is 1. The lowest BCUT2D eigenvalue weighted by molar-refractivity contribution is 0.506. The maximum Gasteiger partial charge on any atom is 0.145 e.